The zero-order valence-electron chi connectivity index (χ0n) is 11.8. The number of rotatable bonds is 5. The Kier molecular flexibility index (Phi) is 5.52. The third kappa shape index (κ3) is 3.79. The summed E-state index contributed by atoms with van der Waals surface area (Å²) in [7, 11) is 1.77. The van der Waals surface area contributed by atoms with Gasteiger partial charge in [-0.15, -0.1) is 0 Å². The van der Waals surface area contributed by atoms with E-state index in [-0.39, 0.29) is 6.79 Å². The number of nitrogens with one attached hydrogen (secondary N) is 2. The first-order chi connectivity index (χ1) is 9.74. The van der Waals surface area contributed by atoms with Gasteiger partial charge >= 0.3 is 0 Å². The van der Waals surface area contributed by atoms with E-state index in [0.29, 0.717) is 6.54 Å². The van der Waals surface area contributed by atoms with Crippen molar-refractivity contribution < 1.29 is 9.47 Å². The molecule has 20 heavy (non-hydrogen) atoms. The molecule has 1 heterocycles. The Labute approximate surface area is 127 Å². The number of guanidine groups is 1. The predicted octanol–water partition coefficient (Wildman–Crippen LogP) is 2.64. The number of fused-ring (bicyclic) bond motifs is 1. The molecule has 0 saturated heterocycles. The van der Waals surface area contributed by atoms with Gasteiger partial charge in [-0.25, -0.2) is 0 Å². The molecule has 1 aliphatic heterocycles. The van der Waals surface area contributed by atoms with Crippen molar-refractivity contribution in [3.05, 3.63) is 22.2 Å². The summed E-state index contributed by atoms with van der Waals surface area (Å²) in [4.78, 5) is 4.20. The maximum atomic E-state index is 5.41. The molecule has 0 aromatic heterocycles. The van der Waals surface area contributed by atoms with Gasteiger partial charge in [-0.2, -0.15) is 0 Å². The van der Waals surface area contributed by atoms with E-state index >= 15 is 0 Å². The Morgan fingerprint density at radius 2 is 2.20 bits per heavy atom. The zero-order chi connectivity index (χ0) is 14.4. The quantitative estimate of drug-likeness (QED) is 0.491. The van der Waals surface area contributed by atoms with Crippen LogP contribution in [0.25, 0.3) is 0 Å². The summed E-state index contributed by atoms with van der Waals surface area (Å²) in [6.07, 6.45) is 2.30. The Morgan fingerprint density at radius 3 is 2.95 bits per heavy atom. The lowest BCUT2D eigenvalue weighted by atomic mass is 10.2. The van der Waals surface area contributed by atoms with Crippen molar-refractivity contribution in [2.24, 2.45) is 4.99 Å². The predicted molar refractivity (Wildman–Crippen MR) is 83.4 cm³/mol. The summed E-state index contributed by atoms with van der Waals surface area (Å²) in [5.41, 5.74) is 1.11. The molecule has 0 bridgehead atoms. The third-order valence-corrected chi connectivity index (χ3v) is 3.58. The lowest BCUT2D eigenvalue weighted by molar-refractivity contribution is 0.173. The van der Waals surface area contributed by atoms with Crippen LogP contribution in [-0.4, -0.2) is 26.3 Å². The fourth-order valence-electron chi connectivity index (χ4n) is 1.91. The Bertz CT molecular complexity index is 492. The lowest BCUT2D eigenvalue weighted by Gasteiger charge is -2.12. The smallest absolute Gasteiger partial charge is 0.231 e. The van der Waals surface area contributed by atoms with Gasteiger partial charge in [0.05, 0.1) is 4.47 Å². The van der Waals surface area contributed by atoms with Crippen LogP contribution in [0, 0.1) is 0 Å². The Balaban J connectivity index is 1.92. The minimum atomic E-state index is 0.283. The monoisotopic (exact) mass is 341 g/mol. The second-order valence-corrected chi connectivity index (χ2v) is 5.37. The number of halogens is 1. The molecule has 5 nitrogen and oxygen atoms in total. The molecule has 1 aromatic rings. The normalized spacial score (nSPS) is 13.4. The van der Waals surface area contributed by atoms with E-state index in [1.807, 2.05) is 12.1 Å². The van der Waals surface area contributed by atoms with E-state index in [2.05, 4.69) is 38.5 Å². The highest BCUT2D eigenvalue weighted by atomic mass is 79.9. The fourth-order valence-corrected chi connectivity index (χ4v) is 2.52. The van der Waals surface area contributed by atoms with E-state index in [0.717, 1.165) is 40.5 Å². The Hall–Kier alpha value is -1.43. The molecule has 0 radical (unpaired) electrons. The van der Waals surface area contributed by atoms with Crippen LogP contribution >= 0.6 is 15.9 Å². The van der Waals surface area contributed by atoms with Gasteiger partial charge in [-0.1, -0.05) is 13.3 Å². The van der Waals surface area contributed by atoms with Gasteiger partial charge in [0.2, 0.25) is 6.79 Å². The molecule has 0 fully saturated rings. The van der Waals surface area contributed by atoms with E-state index in [9.17, 15) is 0 Å². The van der Waals surface area contributed by atoms with E-state index in [1.54, 1.807) is 7.05 Å². The minimum absolute atomic E-state index is 0.283. The van der Waals surface area contributed by atoms with Crippen LogP contribution in [0.2, 0.25) is 0 Å². The summed E-state index contributed by atoms with van der Waals surface area (Å²) in [6.45, 7) is 4.06. The number of aliphatic imine (C=N–C) groups is 1. The first kappa shape index (κ1) is 15.0. The molecule has 2 rings (SSSR count). The van der Waals surface area contributed by atoms with Crippen molar-refractivity contribution in [1.29, 1.82) is 0 Å². The van der Waals surface area contributed by atoms with Crippen molar-refractivity contribution in [2.45, 2.75) is 26.3 Å². The van der Waals surface area contributed by atoms with Crippen LogP contribution in [0.4, 0.5) is 0 Å². The first-order valence-corrected chi connectivity index (χ1v) is 7.56. The van der Waals surface area contributed by atoms with Gasteiger partial charge in [0.1, 0.15) is 0 Å². The van der Waals surface area contributed by atoms with Gasteiger partial charge in [0, 0.05) is 20.1 Å². The van der Waals surface area contributed by atoms with Gasteiger partial charge < -0.3 is 20.1 Å². The van der Waals surface area contributed by atoms with E-state index in [4.69, 9.17) is 9.47 Å². The highest BCUT2D eigenvalue weighted by Crippen LogP contribution is 2.39. The summed E-state index contributed by atoms with van der Waals surface area (Å²) in [5, 5.41) is 6.56. The zero-order valence-corrected chi connectivity index (χ0v) is 13.4. The van der Waals surface area contributed by atoms with Crippen LogP contribution in [0.5, 0.6) is 11.5 Å². The summed E-state index contributed by atoms with van der Waals surface area (Å²) in [6, 6.07) is 4.01. The molecule has 0 saturated carbocycles. The van der Waals surface area contributed by atoms with Crippen molar-refractivity contribution in [3.63, 3.8) is 0 Å². The maximum absolute atomic E-state index is 5.41. The molecular formula is C14H20BrN3O2. The molecular weight excluding hydrogens is 322 g/mol. The van der Waals surface area contributed by atoms with Crippen molar-refractivity contribution >= 4 is 21.9 Å². The fraction of sp³-hybridized carbons (Fsp3) is 0.500. The van der Waals surface area contributed by atoms with Gasteiger partial charge in [0.15, 0.2) is 17.5 Å². The van der Waals surface area contributed by atoms with Crippen molar-refractivity contribution in [3.8, 4) is 11.5 Å². The second-order valence-electron chi connectivity index (χ2n) is 4.52. The van der Waals surface area contributed by atoms with Crippen LogP contribution < -0.4 is 20.1 Å². The molecule has 0 atom stereocenters. The number of nitrogens with zero attached hydrogens (tertiary/aromatic N) is 1. The van der Waals surface area contributed by atoms with Gasteiger partial charge in [0.25, 0.3) is 0 Å². The topological polar surface area (TPSA) is 54.9 Å². The van der Waals surface area contributed by atoms with Crippen LogP contribution in [0.3, 0.4) is 0 Å². The maximum Gasteiger partial charge on any atom is 0.231 e. The molecule has 1 aliphatic rings. The third-order valence-electron chi connectivity index (χ3n) is 2.99. The molecule has 0 spiro atoms. The van der Waals surface area contributed by atoms with Gasteiger partial charge in [-0.3, -0.25) is 4.99 Å². The second kappa shape index (κ2) is 7.38. The van der Waals surface area contributed by atoms with Crippen molar-refractivity contribution in [1.82, 2.24) is 10.6 Å². The molecule has 2 N–H and O–H groups in total. The minimum Gasteiger partial charge on any atom is -0.454 e. The molecule has 110 valence electrons. The van der Waals surface area contributed by atoms with Crippen LogP contribution in [0.1, 0.15) is 25.3 Å². The average molecular weight is 342 g/mol. The highest BCUT2D eigenvalue weighted by molar-refractivity contribution is 9.10. The molecule has 0 amide bonds. The van der Waals surface area contributed by atoms with Crippen LogP contribution in [-0.2, 0) is 6.54 Å². The molecule has 6 heteroatoms. The number of hydrogen-bond donors (Lipinski definition) is 2. The Morgan fingerprint density at radius 1 is 1.35 bits per heavy atom. The van der Waals surface area contributed by atoms with Gasteiger partial charge in [-0.05, 0) is 40.0 Å². The average Bonchev–Trinajstić information content (AvgIpc) is 2.91. The van der Waals surface area contributed by atoms with E-state index in [1.165, 1.54) is 6.42 Å². The lowest BCUT2D eigenvalue weighted by Crippen LogP contribution is -2.37. The summed E-state index contributed by atoms with van der Waals surface area (Å²) >= 11 is 3.49. The molecule has 0 unspecified atom stereocenters. The van der Waals surface area contributed by atoms with E-state index < -0.39 is 0 Å². The largest absolute Gasteiger partial charge is 0.454 e. The highest BCUT2D eigenvalue weighted by Gasteiger charge is 2.17. The number of unbranched alkanes of at least 4 members (excludes halogenated alkanes) is 1. The summed E-state index contributed by atoms with van der Waals surface area (Å²) in [5.74, 6) is 2.37. The molecule has 1 aromatic carbocycles. The molecule has 0 aliphatic carbocycles. The SMILES string of the molecule is CCCCNC(=NC)NCc1cc(Br)c2c(c1)OCO2. The number of benzene rings is 1. The first-order valence-electron chi connectivity index (χ1n) is 6.77. The summed E-state index contributed by atoms with van der Waals surface area (Å²) < 4.78 is 11.7. The number of ether oxygens (including phenoxy) is 2. The number of hydrogen-bond acceptors (Lipinski definition) is 3. The van der Waals surface area contributed by atoms with Crippen molar-refractivity contribution in [2.75, 3.05) is 20.4 Å². The standard InChI is InChI=1S/C14H20BrN3O2/c1-3-4-5-17-14(16-2)18-8-10-6-11(15)13-12(7-10)19-9-20-13/h6-7H,3-5,8-9H2,1-2H3,(H2,16,17,18). The van der Waals surface area contributed by atoms with Crippen LogP contribution in [0.15, 0.2) is 21.6 Å².